The van der Waals surface area contributed by atoms with E-state index in [1.54, 1.807) is 0 Å². The zero-order valence-electron chi connectivity index (χ0n) is 11.6. The van der Waals surface area contributed by atoms with Crippen LogP contribution in [0.5, 0.6) is 0 Å². The van der Waals surface area contributed by atoms with E-state index >= 15 is 0 Å². The predicted molar refractivity (Wildman–Crippen MR) is 78.0 cm³/mol. The first-order valence-corrected chi connectivity index (χ1v) is 10.0. The van der Waals surface area contributed by atoms with Crippen LogP contribution < -0.4 is 0 Å². The van der Waals surface area contributed by atoms with Crippen LogP contribution in [-0.2, 0) is 13.8 Å². The second kappa shape index (κ2) is 6.77. The third-order valence-electron chi connectivity index (χ3n) is 4.57. The number of halogens is 1. The number of hydrogen-bond acceptors (Lipinski definition) is 3. The molecule has 2 rings (SSSR count). The van der Waals surface area contributed by atoms with E-state index in [0.29, 0.717) is 12.7 Å². The molecule has 0 unspecified atom stereocenters. The quantitative estimate of drug-likeness (QED) is 0.572. The van der Waals surface area contributed by atoms with E-state index in [4.69, 9.17) is 15.4 Å². The summed E-state index contributed by atoms with van der Waals surface area (Å²) in [6.07, 6.45) is 11.8. The molecule has 0 radical (unpaired) electrons. The Bertz CT molecular complexity index is 366. The number of rotatable bonds is 5. The molecular formula is C14H25ClO3S. The normalized spacial score (nSPS) is 25.3. The molecule has 0 amide bonds. The van der Waals surface area contributed by atoms with Gasteiger partial charge in [0.05, 0.1) is 18.5 Å². The third-order valence-corrected chi connectivity index (χ3v) is 5.85. The molecule has 0 aromatic carbocycles. The largest absolute Gasteiger partial charge is 0.378 e. The van der Waals surface area contributed by atoms with Gasteiger partial charge in [0, 0.05) is 16.1 Å². The van der Waals surface area contributed by atoms with Gasteiger partial charge in [-0.25, -0.2) is 8.42 Å². The second-order valence-corrected chi connectivity index (χ2v) is 9.09. The maximum Gasteiger partial charge on any atom is 0.233 e. The lowest BCUT2D eigenvalue weighted by molar-refractivity contribution is -0.00686. The lowest BCUT2D eigenvalue weighted by Gasteiger charge is -2.29. The van der Waals surface area contributed by atoms with Crippen molar-refractivity contribution in [3.8, 4) is 0 Å². The fraction of sp³-hybridized carbons (Fsp3) is 1.00. The summed E-state index contributed by atoms with van der Waals surface area (Å²) in [5, 5.41) is 0. The molecule has 0 atom stereocenters. The maximum atomic E-state index is 11.4. The van der Waals surface area contributed by atoms with Gasteiger partial charge in [-0.05, 0) is 25.7 Å². The molecule has 3 nitrogen and oxygen atoms in total. The molecule has 2 saturated carbocycles. The molecular weight excluding hydrogens is 284 g/mol. The predicted octanol–water partition coefficient (Wildman–Crippen LogP) is 3.85. The summed E-state index contributed by atoms with van der Waals surface area (Å²) in [5.74, 6) is 0.0777. The van der Waals surface area contributed by atoms with Crippen LogP contribution in [0.15, 0.2) is 0 Å². The van der Waals surface area contributed by atoms with Gasteiger partial charge in [0.15, 0.2) is 0 Å². The minimum atomic E-state index is -3.43. The van der Waals surface area contributed by atoms with Crippen molar-refractivity contribution < 1.29 is 13.2 Å². The SMILES string of the molecule is O=S(=O)(Cl)CC1(COC2CCCCCC2)CCCC1. The van der Waals surface area contributed by atoms with Gasteiger partial charge in [0.2, 0.25) is 9.05 Å². The Morgan fingerprint density at radius 3 is 2.11 bits per heavy atom. The van der Waals surface area contributed by atoms with Gasteiger partial charge in [0.1, 0.15) is 0 Å². The van der Waals surface area contributed by atoms with Crippen LogP contribution in [0.25, 0.3) is 0 Å². The van der Waals surface area contributed by atoms with Crippen LogP contribution >= 0.6 is 10.7 Å². The van der Waals surface area contributed by atoms with Crippen molar-refractivity contribution in [2.24, 2.45) is 5.41 Å². The van der Waals surface area contributed by atoms with Crippen LogP contribution in [0, 0.1) is 5.41 Å². The summed E-state index contributed by atoms with van der Waals surface area (Å²) >= 11 is 0. The van der Waals surface area contributed by atoms with Gasteiger partial charge in [-0.3, -0.25) is 0 Å². The van der Waals surface area contributed by atoms with E-state index in [-0.39, 0.29) is 11.2 Å². The molecule has 0 aromatic rings. The maximum absolute atomic E-state index is 11.4. The van der Waals surface area contributed by atoms with Crippen molar-refractivity contribution in [2.75, 3.05) is 12.4 Å². The highest BCUT2D eigenvalue weighted by atomic mass is 35.7. The van der Waals surface area contributed by atoms with Crippen LogP contribution in [0.4, 0.5) is 0 Å². The molecule has 0 saturated heterocycles. The van der Waals surface area contributed by atoms with Crippen molar-refractivity contribution in [1.29, 1.82) is 0 Å². The second-order valence-electron chi connectivity index (χ2n) is 6.31. The molecule has 0 spiro atoms. The first-order chi connectivity index (χ1) is 8.99. The van der Waals surface area contributed by atoms with Crippen molar-refractivity contribution in [3.05, 3.63) is 0 Å². The van der Waals surface area contributed by atoms with Gasteiger partial charge < -0.3 is 4.74 Å². The van der Waals surface area contributed by atoms with Gasteiger partial charge in [-0.15, -0.1) is 0 Å². The fourth-order valence-electron chi connectivity index (χ4n) is 3.52. The smallest absolute Gasteiger partial charge is 0.233 e. The first kappa shape index (κ1) is 15.6. The summed E-state index contributed by atoms with van der Waals surface area (Å²) in [6.45, 7) is 0.573. The first-order valence-electron chi connectivity index (χ1n) is 7.53. The molecule has 0 heterocycles. The molecule has 19 heavy (non-hydrogen) atoms. The molecule has 0 bridgehead atoms. The van der Waals surface area contributed by atoms with E-state index in [1.807, 2.05) is 0 Å². The van der Waals surface area contributed by atoms with E-state index in [2.05, 4.69) is 0 Å². The van der Waals surface area contributed by atoms with E-state index in [9.17, 15) is 8.42 Å². The van der Waals surface area contributed by atoms with Crippen LogP contribution in [0.1, 0.15) is 64.2 Å². The summed E-state index contributed by atoms with van der Waals surface area (Å²) in [7, 11) is 2.03. The third kappa shape index (κ3) is 5.24. The van der Waals surface area contributed by atoms with Crippen LogP contribution in [0.2, 0.25) is 0 Å². The lowest BCUT2D eigenvalue weighted by Crippen LogP contribution is -2.32. The van der Waals surface area contributed by atoms with Crippen molar-refractivity contribution in [2.45, 2.75) is 70.3 Å². The Morgan fingerprint density at radius 2 is 1.58 bits per heavy atom. The van der Waals surface area contributed by atoms with Crippen molar-refractivity contribution >= 4 is 19.7 Å². The van der Waals surface area contributed by atoms with Crippen molar-refractivity contribution in [1.82, 2.24) is 0 Å². The molecule has 2 aliphatic carbocycles. The Labute approximate surface area is 121 Å². The zero-order valence-corrected chi connectivity index (χ0v) is 13.1. The van der Waals surface area contributed by atoms with E-state index in [1.165, 1.54) is 25.7 Å². The minimum Gasteiger partial charge on any atom is -0.378 e. The molecule has 0 N–H and O–H groups in total. The van der Waals surface area contributed by atoms with Crippen LogP contribution in [0.3, 0.4) is 0 Å². The lowest BCUT2D eigenvalue weighted by atomic mass is 9.89. The fourth-order valence-corrected chi connectivity index (χ4v) is 5.32. The summed E-state index contributed by atoms with van der Waals surface area (Å²) in [6, 6.07) is 0. The minimum absolute atomic E-state index is 0.0777. The number of hydrogen-bond donors (Lipinski definition) is 0. The topological polar surface area (TPSA) is 43.4 Å². The Balaban J connectivity index is 1.89. The van der Waals surface area contributed by atoms with Gasteiger partial charge in [0.25, 0.3) is 0 Å². The molecule has 0 aromatic heterocycles. The molecule has 5 heteroatoms. The van der Waals surface area contributed by atoms with Crippen LogP contribution in [-0.4, -0.2) is 26.9 Å². The number of ether oxygens (including phenoxy) is 1. The standard InChI is InChI=1S/C14H25ClO3S/c15-19(16,17)12-14(9-5-6-10-14)11-18-13-7-3-1-2-4-8-13/h13H,1-12H2. The molecule has 112 valence electrons. The highest BCUT2D eigenvalue weighted by Crippen LogP contribution is 2.40. The van der Waals surface area contributed by atoms with E-state index in [0.717, 1.165) is 38.5 Å². The van der Waals surface area contributed by atoms with Crippen molar-refractivity contribution in [3.63, 3.8) is 0 Å². The summed E-state index contributed by atoms with van der Waals surface area (Å²) < 4.78 is 28.9. The van der Waals surface area contributed by atoms with Gasteiger partial charge in [-0.2, -0.15) is 0 Å². The summed E-state index contributed by atoms with van der Waals surface area (Å²) in [5.41, 5.74) is -0.215. The Hall–Kier alpha value is 0.200. The average Bonchev–Trinajstić information content (AvgIpc) is 2.61. The molecule has 2 fully saturated rings. The monoisotopic (exact) mass is 308 g/mol. The highest BCUT2D eigenvalue weighted by molar-refractivity contribution is 8.13. The molecule has 2 aliphatic rings. The van der Waals surface area contributed by atoms with Gasteiger partial charge >= 0.3 is 0 Å². The average molecular weight is 309 g/mol. The van der Waals surface area contributed by atoms with E-state index < -0.39 is 9.05 Å². The zero-order chi connectivity index (χ0) is 13.8. The molecule has 0 aliphatic heterocycles. The summed E-state index contributed by atoms with van der Waals surface area (Å²) in [4.78, 5) is 0. The Kier molecular flexibility index (Phi) is 5.55. The Morgan fingerprint density at radius 1 is 1.00 bits per heavy atom. The van der Waals surface area contributed by atoms with Gasteiger partial charge in [-0.1, -0.05) is 38.5 Å². The highest BCUT2D eigenvalue weighted by Gasteiger charge is 2.38.